The highest BCUT2D eigenvalue weighted by Gasteiger charge is 2.64. The van der Waals surface area contributed by atoms with E-state index in [0.717, 1.165) is 25.7 Å². The van der Waals surface area contributed by atoms with Crippen LogP contribution in [0.15, 0.2) is 0 Å². The monoisotopic (exact) mass is 482 g/mol. The topological polar surface area (TPSA) is 95.9 Å². The second-order valence-electron chi connectivity index (χ2n) is 11.4. The lowest BCUT2D eigenvalue weighted by atomic mass is 9.75. The van der Waals surface area contributed by atoms with E-state index in [1.165, 1.54) is 23.1 Å². The maximum Gasteiger partial charge on any atom is 0.327 e. The van der Waals surface area contributed by atoms with E-state index in [2.05, 4.69) is 33.0 Å². The van der Waals surface area contributed by atoms with Gasteiger partial charge in [0.1, 0.15) is 23.1 Å². The Hall–Kier alpha value is -1.28. The number of rotatable bonds is 9. The molecular weight excluding hydrogens is 440 g/mol. The van der Waals surface area contributed by atoms with Crippen LogP contribution in [0, 0.1) is 17.8 Å². The van der Waals surface area contributed by atoms with Crippen LogP contribution in [-0.4, -0.2) is 61.7 Å². The molecule has 0 radical (unpaired) electrons. The minimum Gasteiger partial charge on any atom is -0.480 e. The lowest BCUT2D eigenvalue weighted by molar-refractivity contribution is -0.172. The summed E-state index contributed by atoms with van der Waals surface area (Å²) in [6.45, 7) is 14.3. The number of nitrogens with zero attached hydrogens (tertiary/aromatic N) is 1. The highest BCUT2D eigenvalue weighted by Crippen LogP contribution is 2.51. The number of carbonyl (C=O) groups is 3. The lowest BCUT2D eigenvalue weighted by Gasteiger charge is -2.46. The van der Waals surface area contributed by atoms with Gasteiger partial charge in [-0.1, -0.05) is 47.0 Å². The number of unbranched alkanes of at least 4 members (excludes halogenated alkanes) is 1. The van der Waals surface area contributed by atoms with Crippen molar-refractivity contribution in [2.75, 3.05) is 0 Å². The summed E-state index contributed by atoms with van der Waals surface area (Å²) in [5.41, 5.74) is -1.02. The summed E-state index contributed by atoms with van der Waals surface area (Å²) in [7, 11) is 0. The van der Waals surface area contributed by atoms with Gasteiger partial charge in [-0.2, -0.15) is 0 Å². The van der Waals surface area contributed by atoms with Gasteiger partial charge in [-0.05, 0) is 57.8 Å². The normalized spacial score (nSPS) is 35.0. The molecule has 8 heteroatoms. The standard InChI is InChI=1S/C25H42N2O5S/c1-8-9-12-25(7,32-17-13-15(4)10-11-16(17)14(2)3)23(31)26-18-20(28)27-19(22(29)30)24(5,6)33-21(18)27/h14-19,21H,8-13H2,1-7H3,(H,26,31)(H,29,30)/t15-,16-,17-,18-,19+,21-,25+/m1/s1. The number of carbonyl (C=O) groups excluding carboxylic acids is 2. The predicted molar refractivity (Wildman–Crippen MR) is 130 cm³/mol. The first-order valence-corrected chi connectivity index (χ1v) is 13.4. The number of fused-ring (bicyclic) bond motifs is 1. The van der Waals surface area contributed by atoms with Crippen molar-refractivity contribution < 1.29 is 24.2 Å². The van der Waals surface area contributed by atoms with Crippen molar-refractivity contribution in [2.24, 2.45) is 17.8 Å². The average molecular weight is 483 g/mol. The van der Waals surface area contributed by atoms with E-state index in [1.807, 2.05) is 20.8 Å². The smallest absolute Gasteiger partial charge is 0.327 e. The fraction of sp³-hybridized carbons (Fsp3) is 0.880. The van der Waals surface area contributed by atoms with Gasteiger partial charge in [0.25, 0.3) is 5.91 Å². The Labute approximate surface area is 202 Å². The maximum absolute atomic E-state index is 13.6. The lowest BCUT2D eigenvalue weighted by Crippen LogP contribution is -2.72. The Balaban J connectivity index is 1.76. The Bertz CT molecular complexity index is 772. The van der Waals surface area contributed by atoms with E-state index in [9.17, 15) is 19.5 Å². The highest BCUT2D eigenvalue weighted by atomic mass is 32.2. The van der Waals surface area contributed by atoms with Gasteiger partial charge >= 0.3 is 5.97 Å². The Kier molecular flexibility index (Phi) is 7.79. The van der Waals surface area contributed by atoms with Crippen LogP contribution in [0.4, 0.5) is 0 Å². The number of thioether (sulfide) groups is 1. The van der Waals surface area contributed by atoms with Crippen LogP contribution in [0.5, 0.6) is 0 Å². The molecule has 2 saturated heterocycles. The first-order valence-electron chi connectivity index (χ1n) is 12.5. The molecule has 188 valence electrons. The van der Waals surface area contributed by atoms with E-state index in [0.29, 0.717) is 24.2 Å². The summed E-state index contributed by atoms with van der Waals surface area (Å²) < 4.78 is 6.05. The molecule has 0 spiro atoms. The van der Waals surface area contributed by atoms with Gasteiger partial charge in [0.2, 0.25) is 5.91 Å². The van der Waals surface area contributed by atoms with Crippen molar-refractivity contribution >= 4 is 29.5 Å². The summed E-state index contributed by atoms with van der Waals surface area (Å²) >= 11 is 1.45. The third-order valence-electron chi connectivity index (χ3n) is 7.82. The molecule has 1 aliphatic carbocycles. The zero-order valence-electron chi connectivity index (χ0n) is 21.2. The zero-order chi connectivity index (χ0) is 24.7. The Morgan fingerprint density at radius 3 is 2.58 bits per heavy atom. The van der Waals surface area contributed by atoms with Crippen molar-refractivity contribution in [3.05, 3.63) is 0 Å². The predicted octanol–water partition coefficient (Wildman–Crippen LogP) is 4.04. The van der Waals surface area contributed by atoms with E-state index >= 15 is 0 Å². The first kappa shape index (κ1) is 26.3. The minimum absolute atomic E-state index is 0.0196. The molecule has 0 unspecified atom stereocenters. The SMILES string of the molecule is CCCC[C@](C)(O[C@@H]1C[C@H](C)CC[C@@H]1C(C)C)C(=O)N[C@@H]1C(=O)N2[C@@H]1SC(C)(C)[C@@H]2C(=O)O. The minimum atomic E-state index is -1.02. The largest absolute Gasteiger partial charge is 0.480 e. The van der Waals surface area contributed by atoms with E-state index < -0.39 is 28.4 Å². The van der Waals surface area contributed by atoms with E-state index in [-0.39, 0.29) is 23.3 Å². The van der Waals surface area contributed by atoms with Crippen molar-refractivity contribution in [3.8, 4) is 0 Å². The molecule has 3 aliphatic rings. The van der Waals surface area contributed by atoms with Crippen LogP contribution in [-0.2, 0) is 19.1 Å². The number of β-lactam (4-membered cyclic amide) rings is 1. The molecular formula is C25H42N2O5S. The summed E-state index contributed by atoms with van der Waals surface area (Å²) in [5, 5.41) is 12.2. The second-order valence-corrected chi connectivity index (χ2v) is 13.1. The molecule has 0 bridgehead atoms. The summed E-state index contributed by atoms with van der Waals surface area (Å²) in [4.78, 5) is 39.7. The molecule has 0 aromatic rings. The molecule has 1 saturated carbocycles. The number of hydrogen-bond acceptors (Lipinski definition) is 5. The number of aliphatic carboxylic acids is 1. The number of hydrogen-bond donors (Lipinski definition) is 2. The van der Waals surface area contributed by atoms with Crippen LogP contribution in [0.3, 0.4) is 0 Å². The fourth-order valence-electron chi connectivity index (χ4n) is 5.76. The van der Waals surface area contributed by atoms with E-state index in [1.54, 1.807) is 0 Å². The van der Waals surface area contributed by atoms with Gasteiger partial charge in [-0.15, -0.1) is 11.8 Å². The van der Waals surface area contributed by atoms with Gasteiger partial charge in [-0.25, -0.2) is 4.79 Å². The van der Waals surface area contributed by atoms with Gasteiger partial charge in [-0.3, -0.25) is 9.59 Å². The molecule has 2 N–H and O–H groups in total. The van der Waals surface area contributed by atoms with Crippen LogP contribution >= 0.6 is 11.8 Å². The van der Waals surface area contributed by atoms with Crippen LogP contribution in [0.25, 0.3) is 0 Å². The number of carboxylic acids is 1. The molecule has 3 fully saturated rings. The zero-order valence-corrected chi connectivity index (χ0v) is 22.0. The van der Waals surface area contributed by atoms with Gasteiger partial charge in [0.05, 0.1) is 6.10 Å². The maximum atomic E-state index is 13.6. The number of ether oxygens (including phenoxy) is 1. The average Bonchev–Trinajstić information content (AvgIpc) is 2.98. The Morgan fingerprint density at radius 2 is 2.00 bits per heavy atom. The third-order valence-corrected chi connectivity index (χ3v) is 9.39. The van der Waals surface area contributed by atoms with Crippen molar-refractivity contribution in [1.29, 1.82) is 0 Å². The molecule has 3 rings (SSSR count). The second kappa shape index (κ2) is 9.76. The molecule has 7 nitrogen and oxygen atoms in total. The van der Waals surface area contributed by atoms with Crippen LogP contribution in [0.1, 0.15) is 87.0 Å². The Morgan fingerprint density at radius 1 is 1.33 bits per heavy atom. The quantitative estimate of drug-likeness (QED) is 0.482. The first-order chi connectivity index (χ1) is 15.3. The third kappa shape index (κ3) is 5.07. The van der Waals surface area contributed by atoms with Crippen molar-refractivity contribution in [2.45, 2.75) is 121 Å². The number of amides is 2. The molecule has 0 aromatic heterocycles. The molecule has 33 heavy (non-hydrogen) atoms. The molecule has 7 atom stereocenters. The fourth-order valence-corrected chi connectivity index (χ4v) is 7.39. The van der Waals surface area contributed by atoms with E-state index in [4.69, 9.17) is 4.74 Å². The van der Waals surface area contributed by atoms with Gasteiger partial charge < -0.3 is 20.1 Å². The van der Waals surface area contributed by atoms with Gasteiger partial charge in [0, 0.05) is 4.75 Å². The molecule has 2 heterocycles. The highest BCUT2D eigenvalue weighted by molar-refractivity contribution is 8.01. The molecule has 0 aromatic carbocycles. The van der Waals surface area contributed by atoms with Crippen LogP contribution in [0.2, 0.25) is 0 Å². The molecule has 2 amide bonds. The van der Waals surface area contributed by atoms with Crippen molar-refractivity contribution in [3.63, 3.8) is 0 Å². The summed E-state index contributed by atoms with van der Waals surface area (Å²) in [5.74, 6) is -0.119. The summed E-state index contributed by atoms with van der Waals surface area (Å²) in [6.07, 6.45) is 5.66. The molecule has 2 aliphatic heterocycles. The number of carboxylic acid groups (broad SMARTS) is 1. The van der Waals surface area contributed by atoms with Gasteiger partial charge in [0.15, 0.2) is 0 Å². The number of nitrogens with one attached hydrogen (secondary N) is 1. The van der Waals surface area contributed by atoms with Crippen molar-refractivity contribution in [1.82, 2.24) is 10.2 Å². The summed E-state index contributed by atoms with van der Waals surface area (Å²) in [6, 6.07) is -1.59. The van der Waals surface area contributed by atoms with Crippen LogP contribution < -0.4 is 5.32 Å².